The third-order valence-electron chi connectivity index (χ3n) is 6.93. The average molecular weight is 561 g/mol. The van der Waals surface area contributed by atoms with E-state index in [2.05, 4.69) is 50.8 Å². The Morgan fingerprint density at radius 3 is 2.44 bits per heavy atom. The van der Waals surface area contributed by atoms with Gasteiger partial charge in [-0.3, -0.25) is 0 Å². The van der Waals surface area contributed by atoms with Crippen LogP contribution in [-0.4, -0.2) is 47.9 Å². The van der Waals surface area contributed by atoms with Gasteiger partial charge in [0.25, 0.3) is 0 Å². The van der Waals surface area contributed by atoms with Crippen LogP contribution in [0.25, 0.3) is 11.3 Å². The van der Waals surface area contributed by atoms with Crippen molar-refractivity contribution in [3.63, 3.8) is 0 Å². The highest BCUT2D eigenvalue weighted by Crippen LogP contribution is 2.28. The zero-order valence-electron chi connectivity index (χ0n) is 21.4. The number of hydrogen-bond donors (Lipinski definition) is 2. The number of aromatic nitrogens is 2. The molecule has 2 N–H and O–H groups in total. The van der Waals surface area contributed by atoms with Gasteiger partial charge < -0.3 is 29.6 Å². The second kappa shape index (κ2) is 11.6. The zero-order valence-corrected chi connectivity index (χ0v) is 23.0. The van der Waals surface area contributed by atoms with Crippen LogP contribution in [0.1, 0.15) is 16.9 Å². The van der Waals surface area contributed by atoms with Crippen LogP contribution in [0.5, 0.6) is 0 Å². The summed E-state index contributed by atoms with van der Waals surface area (Å²) in [5, 5.41) is 7.52. The van der Waals surface area contributed by atoms with E-state index in [9.17, 15) is 0 Å². The van der Waals surface area contributed by atoms with E-state index in [1.54, 1.807) is 0 Å². The molecule has 1 saturated heterocycles. The van der Waals surface area contributed by atoms with Crippen LogP contribution in [0.4, 0.5) is 17.6 Å². The fraction of sp³-hybridized carbons (Fsp3) is 0.276. The number of morpholine rings is 1. The Bertz CT molecular complexity index is 1450. The third-order valence-corrected chi connectivity index (χ3v) is 7.43. The summed E-state index contributed by atoms with van der Waals surface area (Å²) >= 11 is 11.6. The number of anilines is 3. The number of nitrogens with zero attached hydrogens (tertiary/aromatic N) is 4. The van der Waals surface area contributed by atoms with E-state index in [-0.39, 0.29) is 0 Å². The molecule has 2 aliphatic rings. The van der Waals surface area contributed by atoms with Crippen molar-refractivity contribution in [3.05, 3.63) is 88.6 Å². The maximum Gasteiger partial charge on any atom is 0.232 e. The number of hydrogen-bond acceptors (Lipinski definition) is 7. The highest BCUT2D eigenvalue weighted by molar-refractivity contribution is 7.80. The Kier molecular flexibility index (Phi) is 7.62. The predicted octanol–water partition coefficient (Wildman–Crippen LogP) is 5.28. The number of nitrogens with one attached hydrogen (secondary N) is 2. The number of halogens is 1. The van der Waals surface area contributed by atoms with Crippen molar-refractivity contribution in [1.82, 2.24) is 15.3 Å². The van der Waals surface area contributed by atoms with Crippen LogP contribution in [0, 0.1) is 0 Å². The number of furan rings is 1. The summed E-state index contributed by atoms with van der Waals surface area (Å²) in [5.41, 5.74) is 3.70. The molecule has 2 aromatic heterocycles. The summed E-state index contributed by atoms with van der Waals surface area (Å²) in [6.07, 6.45) is 0.983. The molecule has 0 amide bonds. The summed E-state index contributed by atoms with van der Waals surface area (Å²) in [7, 11) is 0. The molecule has 8 nitrogen and oxygen atoms in total. The lowest BCUT2D eigenvalue weighted by atomic mass is 10.00. The summed E-state index contributed by atoms with van der Waals surface area (Å²) in [4.78, 5) is 14.2. The molecule has 0 atom stereocenters. The van der Waals surface area contributed by atoms with Gasteiger partial charge in [0.2, 0.25) is 5.95 Å². The minimum Gasteiger partial charge on any atom is -0.459 e. The highest BCUT2D eigenvalue weighted by atomic mass is 35.5. The molecule has 2 aliphatic heterocycles. The van der Waals surface area contributed by atoms with Gasteiger partial charge in [0.15, 0.2) is 5.11 Å². The standard InChI is InChI=1S/C29H29ClN6O2S/c30-23-7-5-21(6-8-23)25-10-9-24(38-25)18-31-29(39)34-28-32-26(35-13-15-37-16-14-35)17-27(33-28)36-12-11-20-3-1-2-4-22(20)19-36/h1-10,17H,11-16,18-19H2,(H2,31,32,33,34,39). The van der Waals surface area contributed by atoms with Gasteiger partial charge in [-0.15, -0.1) is 0 Å². The SMILES string of the molecule is S=C(NCc1ccc(-c2ccc(Cl)cc2)o1)Nc1nc(N2CCOCC2)cc(N2CCc3ccccc3C2)n1. The second-order valence-electron chi connectivity index (χ2n) is 9.53. The molecule has 0 spiro atoms. The van der Waals surface area contributed by atoms with Crippen LogP contribution in [0.15, 0.2) is 71.1 Å². The normalized spacial score (nSPS) is 15.1. The molecular weight excluding hydrogens is 532 g/mol. The van der Waals surface area contributed by atoms with Gasteiger partial charge in [-0.25, -0.2) is 0 Å². The predicted molar refractivity (Wildman–Crippen MR) is 158 cm³/mol. The topological polar surface area (TPSA) is 78.7 Å². The monoisotopic (exact) mass is 560 g/mol. The van der Waals surface area contributed by atoms with Crippen LogP contribution in [-0.2, 0) is 24.2 Å². The minimum atomic E-state index is 0.425. The van der Waals surface area contributed by atoms with E-state index >= 15 is 0 Å². The fourth-order valence-corrected chi connectivity index (χ4v) is 5.13. The fourth-order valence-electron chi connectivity index (χ4n) is 4.84. The number of ether oxygens (including phenoxy) is 1. The molecule has 0 aliphatic carbocycles. The lowest BCUT2D eigenvalue weighted by Gasteiger charge is -2.32. The zero-order chi connectivity index (χ0) is 26.6. The Morgan fingerprint density at radius 1 is 0.897 bits per heavy atom. The number of fused-ring (bicyclic) bond motifs is 1. The molecule has 0 bridgehead atoms. The lowest BCUT2D eigenvalue weighted by Crippen LogP contribution is -2.38. The molecule has 0 unspecified atom stereocenters. The largest absolute Gasteiger partial charge is 0.459 e. The Labute approximate surface area is 238 Å². The van der Waals surface area contributed by atoms with Crippen molar-refractivity contribution in [1.29, 1.82) is 0 Å². The first-order valence-electron chi connectivity index (χ1n) is 13.0. The molecule has 10 heteroatoms. The first-order chi connectivity index (χ1) is 19.1. The van der Waals surface area contributed by atoms with Gasteiger partial charge in [0.05, 0.1) is 19.8 Å². The van der Waals surface area contributed by atoms with Gasteiger partial charge >= 0.3 is 0 Å². The van der Waals surface area contributed by atoms with Gasteiger partial charge in [0, 0.05) is 42.8 Å². The Hall–Kier alpha value is -3.66. The smallest absolute Gasteiger partial charge is 0.232 e. The summed E-state index contributed by atoms with van der Waals surface area (Å²) in [6.45, 7) is 5.07. The Balaban J connectivity index is 1.16. The lowest BCUT2D eigenvalue weighted by molar-refractivity contribution is 0.122. The van der Waals surface area contributed by atoms with Crippen molar-refractivity contribution in [2.24, 2.45) is 0 Å². The summed E-state index contributed by atoms with van der Waals surface area (Å²) in [6, 6.07) is 22.1. The molecule has 39 heavy (non-hydrogen) atoms. The van der Waals surface area contributed by atoms with E-state index in [0.717, 1.165) is 61.3 Å². The van der Waals surface area contributed by atoms with Gasteiger partial charge in [-0.1, -0.05) is 35.9 Å². The third kappa shape index (κ3) is 6.16. The van der Waals surface area contributed by atoms with E-state index in [0.29, 0.717) is 35.8 Å². The van der Waals surface area contributed by atoms with Crippen LogP contribution < -0.4 is 20.4 Å². The van der Waals surface area contributed by atoms with Gasteiger partial charge in [-0.2, -0.15) is 9.97 Å². The minimum absolute atomic E-state index is 0.425. The maximum absolute atomic E-state index is 6.00. The van der Waals surface area contributed by atoms with Crippen molar-refractivity contribution < 1.29 is 9.15 Å². The molecule has 2 aromatic carbocycles. The molecule has 4 heterocycles. The van der Waals surface area contributed by atoms with E-state index < -0.39 is 0 Å². The van der Waals surface area contributed by atoms with Gasteiger partial charge in [-0.05, 0) is 66.2 Å². The van der Waals surface area contributed by atoms with E-state index in [1.807, 2.05) is 36.4 Å². The molecule has 0 radical (unpaired) electrons. The van der Waals surface area contributed by atoms with Crippen molar-refractivity contribution in [2.45, 2.75) is 19.5 Å². The Morgan fingerprint density at radius 2 is 1.64 bits per heavy atom. The highest BCUT2D eigenvalue weighted by Gasteiger charge is 2.21. The number of rotatable bonds is 6. The molecule has 4 aromatic rings. The van der Waals surface area contributed by atoms with Crippen LogP contribution >= 0.6 is 23.8 Å². The quantitative estimate of drug-likeness (QED) is 0.306. The summed E-state index contributed by atoms with van der Waals surface area (Å²) < 4.78 is 11.5. The number of thiocarbonyl (C=S) groups is 1. The summed E-state index contributed by atoms with van der Waals surface area (Å²) in [5.74, 6) is 3.75. The molecule has 0 saturated carbocycles. The average Bonchev–Trinajstić information content (AvgIpc) is 3.46. The van der Waals surface area contributed by atoms with Crippen LogP contribution in [0.3, 0.4) is 0 Å². The van der Waals surface area contributed by atoms with Crippen molar-refractivity contribution >= 4 is 46.5 Å². The second-order valence-corrected chi connectivity index (χ2v) is 10.4. The van der Waals surface area contributed by atoms with E-state index in [1.165, 1.54) is 11.1 Å². The first kappa shape index (κ1) is 25.6. The molecule has 200 valence electrons. The van der Waals surface area contributed by atoms with Crippen LogP contribution in [0.2, 0.25) is 5.02 Å². The van der Waals surface area contributed by atoms with Crippen molar-refractivity contribution in [3.8, 4) is 11.3 Å². The van der Waals surface area contributed by atoms with Crippen molar-refractivity contribution in [2.75, 3.05) is 48.0 Å². The molecule has 6 rings (SSSR count). The maximum atomic E-state index is 6.00. The van der Waals surface area contributed by atoms with Gasteiger partial charge in [0.1, 0.15) is 23.2 Å². The number of benzene rings is 2. The first-order valence-corrected chi connectivity index (χ1v) is 13.8. The van der Waals surface area contributed by atoms with E-state index in [4.69, 9.17) is 42.9 Å². The molecule has 1 fully saturated rings. The molecular formula is C29H29ClN6O2S.